The highest BCUT2D eigenvalue weighted by Crippen LogP contribution is 2.32. The fraction of sp³-hybridized carbons (Fsp3) is 0.318. The third kappa shape index (κ3) is 2.93. The minimum Gasteiger partial charge on any atom is -0.347 e. The molecule has 4 heterocycles. The Balaban J connectivity index is 1.38. The molecule has 1 N–H and O–H groups in total. The number of piperidine rings is 3. The standard InChI is InChI=1S/C22H22N2OS/c25-22(23-19-14-24-10-8-16(19)9-11-24)21-13-18-7-6-17(12-20(18)26-21)15-4-2-1-3-5-15/h1-7,12-13,16,19H,8-11,14H2,(H,23,25). The van der Waals surface area contributed by atoms with Crippen LogP contribution in [0.4, 0.5) is 0 Å². The number of thiophene rings is 1. The van der Waals surface area contributed by atoms with E-state index in [1.807, 2.05) is 12.1 Å². The Morgan fingerprint density at radius 2 is 1.81 bits per heavy atom. The van der Waals surface area contributed by atoms with Gasteiger partial charge in [0.25, 0.3) is 5.91 Å². The topological polar surface area (TPSA) is 32.3 Å². The van der Waals surface area contributed by atoms with Crippen LogP contribution in [0.25, 0.3) is 21.2 Å². The third-order valence-corrected chi connectivity index (χ3v) is 6.92. The molecule has 3 aromatic rings. The molecular formula is C22H22N2OS. The number of fused-ring (bicyclic) bond motifs is 4. The van der Waals surface area contributed by atoms with Gasteiger partial charge in [0.15, 0.2) is 0 Å². The quantitative estimate of drug-likeness (QED) is 0.749. The first-order valence-electron chi connectivity index (χ1n) is 9.38. The van der Waals surface area contributed by atoms with Gasteiger partial charge in [0.1, 0.15) is 0 Å². The zero-order valence-corrected chi connectivity index (χ0v) is 15.5. The highest BCUT2D eigenvalue weighted by molar-refractivity contribution is 7.20. The number of hydrogen-bond donors (Lipinski definition) is 1. The first-order chi connectivity index (χ1) is 12.8. The number of rotatable bonds is 3. The number of nitrogens with one attached hydrogen (secondary N) is 1. The van der Waals surface area contributed by atoms with E-state index < -0.39 is 0 Å². The fourth-order valence-corrected chi connectivity index (χ4v) is 5.33. The maximum atomic E-state index is 12.8. The predicted octanol–water partition coefficient (Wildman–Crippen LogP) is 4.39. The number of hydrogen-bond acceptors (Lipinski definition) is 3. The van der Waals surface area contributed by atoms with E-state index in [-0.39, 0.29) is 5.91 Å². The Kier molecular flexibility index (Phi) is 4.03. The van der Waals surface area contributed by atoms with Crippen molar-refractivity contribution in [2.45, 2.75) is 18.9 Å². The molecule has 3 saturated heterocycles. The van der Waals surface area contributed by atoms with Crippen molar-refractivity contribution < 1.29 is 4.79 Å². The van der Waals surface area contributed by atoms with E-state index >= 15 is 0 Å². The largest absolute Gasteiger partial charge is 0.347 e. The highest BCUT2D eigenvalue weighted by atomic mass is 32.1. The molecule has 1 aromatic heterocycles. The molecule has 1 atom stereocenters. The van der Waals surface area contributed by atoms with Crippen molar-refractivity contribution in [3.05, 3.63) is 59.5 Å². The van der Waals surface area contributed by atoms with Gasteiger partial charge in [-0.2, -0.15) is 0 Å². The monoisotopic (exact) mass is 362 g/mol. The molecule has 3 fully saturated rings. The summed E-state index contributed by atoms with van der Waals surface area (Å²) in [4.78, 5) is 16.1. The van der Waals surface area contributed by atoms with Crippen LogP contribution < -0.4 is 5.32 Å². The summed E-state index contributed by atoms with van der Waals surface area (Å²) in [5, 5.41) is 4.45. The highest BCUT2D eigenvalue weighted by Gasteiger charge is 2.35. The average Bonchev–Trinajstić information content (AvgIpc) is 3.13. The zero-order valence-electron chi connectivity index (χ0n) is 14.7. The van der Waals surface area contributed by atoms with E-state index in [9.17, 15) is 4.79 Å². The lowest BCUT2D eigenvalue weighted by Crippen LogP contribution is -2.57. The van der Waals surface area contributed by atoms with Crippen molar-refractivity contribution in [1.82, 2.24) is 10.2 Å². The van der Waals surface area contributed by atoms with E-state index in [0.717, 1.165) is 16.8 Å². The molecule has 132 valence electrons. The lowest BCUT2D eigenvalue weighted by molar-refractivity contribution is 0.0622. The second kappa shape index (κ2) is 6.53. The maximum Gasteiger partial charge on any atom is 0.261 e. The first kappa shape index (κ1) is 16.0. The molecule has 0 radical (unpaired) electrons. The Labute approximate surface area is 157 Å². The van der Waals surface area contributed by atoms with Crippen LogP contribution in [0.15, 0.2) is 54.6 Å². The summed E-state index contributed by atoms with van der Waals surface area (Å²) in [7, 11) is 0. The smallest absolute Gasteiger partial charge is 0.261 e. The van der Waals surface area contributed by atoms with Gasteiger partial charge < -0.3 is 10.2 Å². The normalized spacial score (nSPS) is 24.7. The van der Waals surface area contributed by atoms with Crippen LogP contribution in [0.5, 0.6) is 0 Å². The molecule has 0 saturated carbocycles. The van der Waals surface area contributed by atoms with Gasteiger partial charge in [0.05, 0.1) is 4.88 Å². The molecule has 3 aliphatic rings. The fourth-order valence-electron chi connectivity index (χ4n) is 4.32. The van der Waals surface area contributed by atoms with E-state index in [1.165, 1.54) is 41.8 Å². The van der Waals surface area contributed by atoms with Gasteiger partial charge in [-0.15, -0.1) is 11.3 Å². The summed E-state index contributed by atoms with van der Waals surface area (Å²) < 4.78 is 1.17. The Morgan fingerprint density at radius 1 is 1.00 bits per heavy atom. The van der Waals surface area contributed by atoms with Gasteiger partial charge >= 0.3 is 0 Å². The van der Waals surface area contributed by atoms with Gasteiger partial charge in [-0.25, -0.2) is 0 Å². The van der Waals surface area contributed by atoms with Gasteiger partial charge in [-0.05, 0) is 60.5 Å². The molecule has 3 nitrogen and oxygen atoms in total. The molecule has 1 unspecified atom stereocenters. The molecule has 4 heteroatoms. The molecule has 26 heavy (non-hydrogen) atoms. The molecule has 2 bridgehead atoms. The van der Waals surface area contributed by atoms with Gasteiger partial charge in [-0.3, -0.25) is 4.79 Å². The lowest BCUT2D eigenvalue weighted by Gasteiger charge is -2.44. The minimum absolute atomic E-state index is 0.0891. The van der Waals surface area contributed by atoms with Crippen LogP contribution in [0.2, 0.25) is 0 Å². The maximum absolute atomic E-state index is 12.8. The van der Waals surface area contributed by atoms with Crippen LogP contribution >= 0.6 is 11.3 Å². The first-order valence-corrected chi connectivity index (χ1v) is 10.2. The van der Waals surface area contributed by atoms with E-state index in [2.05, 4.69) is 52.7 Å². The van der Waals surface area contributed by atoms with Crippen molar-refractivity contribution in [3.8, 4) is 11.1 Å². The second-order valence-electron chi connectivity index (χ2n) is 7.45. The molecule has 3 aliphatic heterocycles. The number of carbonyl (C=O) groups is 1. The van der Waals surface area contributed by atoms with Crippen LogP contribution in [-0.4, -0.2) is 36.5 Å². The van der Waals surface area contributed by atoms with Gasteiger partial charge in [0, 0.05) is 17.3 Å². The van der Waals surface area contributed by atoms with Crippen LogP contribution in [0.3, 0.4) is 0 Å². The average molecular weight is 362 g/mol. The summed E-state index contributed by atoms with van der Waals surface area (Å²) in [6, 6.07) is 19.2. The molecule has 0 spiro atoms. The molecule has 6 rings (SSSR count). The zero-order chi connectivity index (χ0) is 17.5. The summed E-state index contributed by atoms with van der Waals surface area (Å²) in [5.74, 6) is 0.745. The Hall–Kier alpha value is -2.17. The summed E-state index contributed by atoms with van der Waals surface area (Å²) in [6.45, 7) is 3.41. The number of benzene rings is 2. The molecule has 2 aromatic carbocycles. The van der Waals surface area contributed by atoms with E-state index in [1.54, 1.807) is 11.3 Å². The van der Waals surface area contributed by atoms with Crippen LogP contribution in [0.1, 0.15) is 22.5 Å². The molecule has 0 aliphatic carbocycles. The molecular weight excluding hydrogens is 340 g/mol. The Morgan fingerprint density at radius 3 is 2.54 bits per heavy atom. The van der Waals surface area contributed by atoms with Crippen molar-refractivity contribution in [3.63, 3.8) is 0 Å². The SMILES string of the molecule is O=C(NC1CN2CCC1CC2)c1cc2ccc(-c3ccccc3)cc2s1. The molecule has 1 amide bonds. The predicted molar refractivity (Wildman–Crippen MR) is 108 cm³/mol. The van der Waals surface area contributed by atoms with Crippen LogP contribution in [-0.2, 0) is 0 Å². The third-order valence-electron chi connectivity index (χ3n) is 5.82. The van der Waals surface area contributed by atoms with Crippen molar-refractivity contribution in [2.24, 2.45) is 5.92 Å². The van der Waals surface area contributed by atoms with Crippen molar-refractivity contribution in [2.75, 3.05) is 19.6 Å². The van der Waals surface area contributed by atoms with E-state index in [0.29, 0.717) is 12.0 Å². The summed E-state index contributed by atoms with van der Waals surface area (Å²) >= 11 is 1.60. The van der Waals surface area contributed by atoms with Crippen molar-refractivity contribution in [1.29, 1.82) is 0 Å². The Bertz CT molecular complexity index is 941. The minimum atomic E-state index is 0.0891. The summed E-state index contributed by atoms with van der Waals surface area (Å²) in [6.07, 6.45) is 2.44. The van der Waals surface area contributed by atoms with Crippen molar-refractivity contribution >= 4 is 27.3 Å². The lowest BCUT2D eigenvalue weighted by atomic mass is 9.84. The van der Waals surface area contributed by atoms with E-state index in [4.69, 9.17) is 0 Å². The summed E-state index contributed by atoms with van der Waals surface area (Å²) in [5.41, 5.74) is 2.41. The van der Waals surface area contributed by atoms with Crippen LogP contribution in [0, 0.1) is 5.92 Å². The second-order valence-corrected chi connectivity index (χ2v) is 8.53. The van der Waals surface area contributed by atoms with Gasteiger partial charge in [0.2, 0.25) is 0 Å². The number of carbonyl (C=O) groups excluding carboxylic acids is 1. The number of amides is 1. The number of nitrogens with zero attached hydrogens (tertiary/aromatic N) is 1. The van der Waals surface area contributed by atoms with Gasteiger partial charge in [-0.1, -0.05) is 42.5 Å².